The van der Waals surface area contributed by atoms with Crippen LogP contribution >= 0.6 is 11.8 Å². The molecule has 0 fully saturated rings. The van der Waals surface area contributed by atoms with E-state index in [-0.39, 0.29) is 31.1 Å². The Kier molecular flexibility index (Phi) is 30.3. The maximum atomic E-state index is 13.7. The fraction of sp³-hybridized carbons (Fsp3) is 0.674. The van der Waals surface area contributed by atoms with Crippen LogP contribution in [0, 0.1) is 11.8 Å². The van der Waals surface area contributed by atoms with Crippen molar-refractivity contribution in [2.24, 2.45) is 17.6 Å². The van der Waals surface area contributed by atoms with Crippen molar-refractivity contribution in [3.8, 4) is 0 Å². The normalized spacial score (nSPS) is 15.0. The molecule has 0 aliphatic rings. The number of carbonyl (C=O) groups is 14. The van der Waals surface area contributed by atoms with Crippen LogP contribution in [0.2, 0.25) is 0 Å². The van der Waals surface area contributed by atoms with E-state index in [1.807, 2.05) is 5.32 Å². The van der Waals surface area contributed by atoms with Gasteiger partial charge in [0.15, 0.2) is 0 Å². The predicted octanol–water partition coefficient (Wildman–Crippen LogP) is -5.80. The molecule has 418 valence electrons. The molecule has 0 aromatic carbocycles. The Balaban J connectivity index is 6.25. The lowest BCUT2D eigenvalue weighted by molar-refractivity contribution is -0.144. The molecule has 0 aromatic rings. The summed E-state index contributed by atoms with van der Waals surface area (Å²) in [6.45, 7) is 8.71. The highest BCUT2D eigenvalue weighted by Crippen LogP contribution is 2.10. The first kappa shape index (κ1) is 66.9. The Morgan fingerprint density at radius 1 is 0.432 bits per heavy atom. The number of hydrogen-bond acceptors (Lipinski definition) is 17. The van der Waals surface area contributed by atoms with E-state index in [1.165, 1.54) is 18.7 Å². The van der Waals surface area contributed by atoms with Gasteiger partial charge in [-0.25, -0.2) is 0 Å². The molecule has 0 aliphatic heterocycles. The highest BCUT2D eigenvalue weighted by Gasteiger charge is 2.37. The lowest BCUT2D eigenvalue weighted by Gasteiger charge is -2.28. The molecule has 0 saturated heterocycles. The minimum absolute atomic E-state index is 0.0330. The van der Waals surface area contributed by atoms with Gasteiger partial charge in [-0.3, -0.25) is 67.1 Å². The molecule has 10 amide bonds. The first-order chi connectivity index (χ1) is 34.3. The van der Waals surface area contributed by atoms with Crippen molar-refractivity contribution in [1.82, 2.24) is 53.2 Å². The number of rotatable bonds is 35. The van der Waals surface area contributed by atoms with E-state index in [4.69, 9.17) is 10.8 Å². The number of thioether (sulfide) groups is 1. The van der Waals surface area contributed by atoms with E-state index >= 15 is 0 Å². The lowest BCUT2D eigenvalue weighted by atomic mass is 10.0. The maximum absolute atomic E-state index is 13.7. The minimum atomic E-state index is -2.10. The summed E-state index contributed by atoms with van der Waals surface area (Å²) in [6, 6.07) is -14.9. The SMILES string of the molecule is CSCC[C@H](NC(=O)CN)C(=O)N[C@@H](CC(=O)O)C(=O)N[C@@H](C)C(=O)N[C@@H](C)C(=O)N[C@@H](CC(C)C)C(=O)N[C@@H](CC(=O)O)C(=O)N[C@@H](CC(=O)O)C(=O)N[C@H](C(=O)N[C@@H](CC(C)C)C(=O)NCC(=O)O)[C@@H](C)O. The molecule has 0 aliphatic carbocycles. The van der Waals surface area contributed by atoms with Gasteiger partial charge in [-0.2, -0.15) is 11.8 Å². The fourth-order valence-corrected chi connectivity index (χ4v) is 6.89. The average molecular weight is 1080 g/mol. The summed E-state index contributed by atoms with van der Waals surface area (Å²) >= 11 is 1.34. The Labute approximate surface area is 429 Å². The van der Waals surface area contributed by atoms with Gasteiger partial charge >= 0.3 is 23.9 Å². The van der Waals surface area contributed by atoms with Crippen molar-refractivity contribution in [2.75, 3.05) is 25.1 Å². The van der Waals surface area contributed by atoms with Crippen LogP contribution in [-0.2, 0) is 67.1 Å². The highest BCUT2D eigenvalue weighted by atomic mass is 32.2. The second-order valence-corrected chi connectivity index (χ2v) is 18.7. The molecule has 0 saturated carbocycles. The first-order valence-corrected chi connectivity index (χ1v) is 24.5. The molecule has 17 N–H and O–H groups in total. The van der Waals surface area contributed by atoms with Crippen LogP contribution in [0.4, 0.5) is 0 Å². The fourth-order valence-electron chi connectivity index (χ4n) is 6.42. The summed E-state index contributed by atoms with van der Waals surface area (Å²) in [5.74, 6) is -17.4. The number of aliphatic carboxylic acids is 4. The van der Waals surface area contributed by atoms with Crippen molar-refractivity contribution in [3.63, 3.8) is 0 Å². The number of carboxylic acids is 4. The average Bonchev–Trinajstić information content (AvgIpc) is 3.28. The summed E-state index contributed by atoms with van der Waals surface area (Å²) in [6.07, 6.45) is -3.40. The van der Waals surface area contributed by atoms with Crippen LogP contribution in [0.3, 0.4) is 0 Å². The molecule has 0 heterocycles. The molecule has 30 nitrogen and oxygen atoms in total. The number of hydrogen-bond donors (Lipinski definition) is 16. The molecule has 31 heteroatoms. The number of amides is 10. The third-order valence-electron chi connectivity index (χ3n) is 10.1. The molecule has 0 aromatic heterocycles. The van der Waals surface area contributed by atoms with Crippen molar-refractivity contribution in [1.29, 1.82) is 0 Å². The second kappa shape index (κ2) is 33.6. The second-order valence-electron chi connectivity index (χ2n) is 17.8. The zero-order valence-corrected chi connectivity index (χ0v) is 43.0. The number of nitrogens with one attached hydrogen (secondary N) is 10. The number of carbonyl (C=O) groups excluding carboxylic acids is 10. The number of nitrogens with two attached hydrogens (primary N) is 1. The molecular formula is C43H71N11O19S. The monoisotopic (exact) mass is 1080 g/mol. The molecular weight excluding hydrogens is 1010 g/mol. The van der Waals surface area contributed by atoms with Gasteiger partial charge in [0, 0.05) is 0 Å². The third kappa shape index (κ3) is 26.5. The van der Waals surface area contributed by atoms with E-state index in [9.17, 15) is 87.5 Å². The van der Waals surface area contributed by atoms with E-state index in [2.05, 4.69) is 47.9 Å². The first-order valence-electron chi connectivity index (χ1n) is 23.1. The molecule has 10 atom stereocenters. The van der Waals surface area contributed by atoms with Crippen molar-refractivity contribution >= 4 is 94.7 Å². The van der Waals surface area contributed by atoms with Gasteiger partial charge < -0.3 is 84.4 Å². The lowest BCUT2D eigenvalue weighted by Crippen LogP contribution is -2.62. The summed E-state index contributed by atoms with van der Waals surface area (Å²) < 4.78 is 0. The third-order valence-corrected chi connectivity index (χ3v) is 10.8. The van der Waals surface area contributed by atoms with Gasteiger partial charge in [0.25, 0.3) is 0 Å². The number of aliphatic hydroxyl groups is 1. The number of aliphatic hydroxyl groups excluding tert-OH is 1. The summed E-state index contributed by atoms with van der Waals surface area (Å²) in [4.78, 5) is 178. The van der Waals surface area contributed by atoms with Gasteiger partial charge in [0.05, 0.1) is 31.9 Å². The van der Waals surface area contributed by atoms with Crippen LogP contribution in [0.5, 0.6) is 0 Å². The predicted molar refractivity (Wildman–Crippen MR) is 259 cm³/mol. The van der Waals surface area contributed by atoms with E-state index in [1.54, 1.807) is 34.0 Å². The summed E-state index contributed by atoms with van der Waals surface area (Å²) in [5, 5.41) is 70.2. The molecule has 0 unspecified atom stereocenters. The Morgan fingerprint density at radius 3 is 1.18 bits per heavy atom. The quantitative estimate of drug-likeness (QED) is 0.0281. The molecule has 0 radical (unpaired) electrons. The van der Waals surface area contributed by atoms with Crippen LogP contribution in [-0.4, -0.2) is 194 Å². The van der Waals surface area contributed by atoms with Crippen LogP contribution in [0.15, 0.2) is 0 Å². The maximum Gasteiger partial charge on any atom is 0.322 e. The van der Waals surface area contributed by atoms with Gasteiger partial charge in [-0.05, 0) is 63.9 Å². The van der Waals surface area contributed by atoms with E-state index in [0.29, 0.717) is 5.75 Å². The smallest absolute Gasteiger partial charge is 0.322 e. The van der Waals surface area contributed by atoms with E-state index in [0.717, 1.165) is 13.8 Å². The van der Waals surface area contributed by atoms with Gasteiger partial charge in [0.2, 0.25) is 59.1 Å². The van der Waals surface area contributed by atoms with Crippen LogP contribution in [0.25, 0.3) is 0 Å². The van der Waals surface area contributed by atoms with Crippen molar-refractivity contribution in [3.05, 3.63) is 0 Å². The van der Waals surface area contributed by atoms with Crippen molar-refractivity contribution in [2.45, 2.75) is 147 Å². The summed E-state index contributed by atoms with van der Waals surface area (Å²) in [7, 11) is 0. The Bertz CT molecular complexity index is 2040. The Hall–Kier alpha value is -7.15. The minimum Gasteiger partial charge on any atom is -0.481 e. The summed E-state index contributed by atoms with van der Waals surface area (Å²) in [5.41, 5.74) is 5.33. The van der Waals surface area contributed by atoms with Crippen molar-refractivity contribution < 1.29 is 92.7 Å². The molecule has 0 spiro atoms. The zero-order chi connectivity index (χ0) is 57.2. The molecule has 0 rings (SSSR count). The standard InChI is InChI=1S/C43H71N11O19S/c1-18(2)11-24(37(67)45-17-33(63)64)53-43(73)34(22(7)55)54-42(72)28(15-32(61)62)52-41(71)27(14-31(59)60)51-40(70)25(12-19(3)4)49-36(66)21(6)46-35(65)20(5)47-39(69)26(13-30(57)58)50-38(68)23(9-10-74-8)48-29(56)16-44/h18-28,34,55H,9-17,44H2,1-8H3,(H,45,67)(H,46,65)(H,47,69)(H,48,56)(H,49,66)(H,50,68)(H,51,70)(H,52,71)(H,53,73)(H,54,72)(H,57,58)(H,59,60)(H,61,62)(H,63,64)/t20-,21-,22+,23-,24-,25-,26-,27-,28-,34-/m0/s1. The van der Waals surface area contributed by atoms with Crippen LogP contribution in [0.1, 0.15) is 87.0 Å². The van der Waals surface area contributed by atoms with Gasteiger partial charge in [0.1, 0.15) is 60.9 Å². The molecule has 74 heavy (non-hydrogen) atoms. The zero-order valence-electron chi connectivity index (χ0n) is 42.2. The molecule has 0 bridgehead atoms. The topological polar surface area (TPSA) is 486 Å². The number of carboxylic acid groups (broad SMARTS) is 4. The van der Waals surface area contributed by atoms with Crippen LogP contribution < -0.4 is 58.9 Å². The van der Waals surface area contributed by atoms with E-state index < -0.39 is 176 Å². The Morgan fingerprint density at radius 2 is 0.784 bits per heavy atom. The highest BCUT2D eigenvalue weighted by molar-refractivity contribution is 7.98. The van der Waals surface area contributed by atoms with Gasteiger partial charge in [-0.15, -0.1) is 0 Å². The largest absolute Gasteiger partial charge is 0.481 e. The van der Waals surface area contributed by atoms with Gasteiger partial charge in [-0.1, -0.05) is 27.7 Å².